The zero-order chi connectivity index (χ0) is 32.4. The minimum absolute atomic E-state index is 0.146. The van der Waals surface area contributed by atoms with Crippen molar-refractivity contribution >= 4 is 43.4 Å². The van der Waals surface area contributed by atoms with Crippen molar-refractivity contribution in [2.45, 2.75) is 39.1 Å². The van der Waals surface area contributed by atoms with Crippen LogP contribution in [0.5, 0.6) is 0 Å². The van der Waals surface area contributed by atoms with Gasteiger partial charge in [-0.15, -0.1) is 0 Å². The molecule has 0 saturated carbocycles. The molecule has 0 aliphatic carbocycles. The summed E-state index contributed by atoms with van der Waals surface area (Å²) in [4.78, 5) is 13.8. The second kappa shape index (κ2) is 15.8. The fourth-order valence-corrected chi connectivity index (χ4v) is 6.54. The van der Waals surface area contributed by atoms with Gasteiger partial charge in [-0.2, -0.15) is 0 Å². The van der Waals surface area contributed by atoms with E-state index in [4.69, 9.17) is 11.5 Å². The third-order valence-electron chi connectivity index (χ3n) is 8.42. The van der Waals surface area contributed by atoms with Crippen molar-refractivity contribution in [2.24, 2.45) is 16.5 Å². The fourth-order valence-electron chi connectivity index (χ4n) is 6.17. The molecule has 0 bridgehead atoms. The molecule has 0 spiro atoms. The number of aliphatic imine (C=N–C) groups is 1. The zero-order valence-electron chi connectivity index (χ0n) is 26.6. The highest BCUT2D eigenvalue weighted by Gasteiger charge is 2.13. The molecule has 1 aromatic heterocycles. The van der Waals surface area contributed by atoms with Gasteiger partial charge in [0, 0.05) is 56.5 Å². The summed E-state index contributed by atoms with van der Waals surface area (Å²) >= 11 is 3.59. The largest absolute Gasteiger partial charge is 0.370 e. The molecule has 0 aliphatic rings. The molecule has 1 heterocycles. The standard InChI is InChI=1S/C40H41BrN6/c41-37-19-18-34-23-32(16-17-35(34)24-37)27-47(29-38-10-3-4-20-44-38)26-31-14-12-30(13-15-31)25-46(22-6-21-45-40(42)43)28-36-9-5-8-33-7-1-2-11-39(33)36/h1-5,7-20,23-24H,6,21-22,25-29H2,(H4,42,43,45). The highest BCUT2D eigenvalue weighted by atomic mass is 79.9. The smallest absolute Gasteiger partial charge is 0.185 e. The molecular weight excluding hydrogens is 644 g/mol. The molecule has 0 unspecified atom stereocenters. The summed E-state index contributed by atoms with van der Waals surface area (Å²) in [7, 11) is 0. The first-order valence-electron chi connectivity index (χ1n) is 16.1. The van der Waals surface area contributed by atoms with Gasteiger partial charge in [-0.1, -0.05) is 107 Å². The number of halogens is 1. The van der Waals surface area contributed by atoms with Gasteiger partial charge in [0.25, 0.3) is 0 Å². The molecule has 0 fully saturated rings. The minimum Gasteiger partial charge on any atom is -0.370 e. The van der Waals surface area contributed by atoms with Crippen molar-refractivity contribution in [3.05, 3.63) is 160 Å². The quantitative estimate of drug-likeness (QED) is 0.0690. The van der Waals surface area contributed by atoms with Crippen molar-refractivity contribution in [2.75, 3.05) is 13.1 Å². The Balaban J connectivity index is 1.17. The summed E-state index contributed by atoms with van der Waals surface area (Å²) in [5.41, 5.74) is 17.4. The van der Waals surface area contributed by atoms with Crippen LogP contribution in [0.15, 0.2) is 137 Å². The van der Waals surface area contributed by atoms with E-state index in [0.717, 1.165) is 55.9 Å². The second-order valence-corrected chi connectivity index (χ2v) is 13.0. The number of nitrogens with zero attached hydrogens (tertiary/aromatic N) is 4. The Labute approximate surface area is 285 Å². The van der Waals surface area contributed by atoms with Crippen LogP contribution < -0.4 is 11.5 Å². The van der Waals surface area contributed by atoms with E-state index in [1.54, 1.807) is 0 Å². The highest BCUT2D eigenvalue weighted by Crippen LogP contribution is 2.24. The number of nitrogens with two attached hydrogens (primary N) is 2. The van der Waals surface area contributed by atoms with Crippen LogP contribution in [0.25, 0.3) is 21.5 Å². The van der Waals surface area contributed by atoms with E-state index < -0.39 is 0 Å². The van der Waals surface area contributed by atoms with Gasteiger partial charge in [-0.05, 0) is 80.6 Å². The molecule has 238 valence electrons. The number of guanidine groups is 1. The minimum atomic E-state index is 0.146. The Morgan fingerprint density at radius 1 is 0.617 bits per heavy atom. The van der Waals surface area contributed by atoms with Crippen molar-refractivity contribution in [3.8, 4) is 0 Å². The second-order valence-electron chi connectivity index (χ2n) is 12.1. The maximum Gasteiger partial charge on any atom is 0.185 e. The average molecular weight is 686 g/mol. The lowest BCUT2D eigenvalue weighted by atomic mass is 10.0. The van der Waals surface area contributed by atoms with Gasteiger partial charge in [0.2, 0.25) is 0 Å². The van der Waals surface area contributed by atoms with Crippen LogP contribution in [0.3, 0.4) is 0 Å². The van der Waals surface area contributed by atoms with Crippen LogP contribution in [-0.4, -0.2) is 33.8 Å². The Morgan fingerprint density at radius 2 is 1.30 bits per heavy atom. The number of hydrogen-bond donors (Lipinski definition) is 2. The van der Waals surface area contributed by atoms with Crippen molar-refractivity contribution < 1.29 is 0 Å². The van der Waals surface area contributed by atoms with Crippen LogP contribution in [-0.2, 0) is 32.7 Å². The lowest BCUT2D eigenvalue weighted by Gasteiger charge is -2.24. The van der Waals surface area contributed by atoms with E-state index in [9.17, 15) is 0 Å². The molecule has 0 aliphatic heterocycles. The number of pyridine rings is 1. The molecule has 0 amide bonds. The molecule has 6 aromatic rings. The topological polar surface area (TPSA) is 83.8 Å². The molecule has 4 N–H and O–H groups in total. The molecule has 5 aromatic carbocycles. The Kier molecular flexibility index (Phi) is 10.9. The third-order valence-corrected chi connectivity index (χ3v) is 8.91. The SMILES string of the molecule is NC(N)=NCCCN(Cc1ccc(CN(Cc2ccc3cc(Br)ccc3c2)Cc2ccccn2)cc1)Cc1cccc2ccccc12. The number of fused-ring (bicyclic) bond motifs is 2. The van der Waals surface area contributed by atoms with Gasteiger partial charge >= 0.3 is 0 Å². The van der Waals surface area contributed by atoms with Gasteiger partial charge in [-0.25, -0.2) is 0 Å². The predicted octanol–water partition coefficient (Wildman–Crippen LogP) is 8.02. The van der Waals surface area contributed by atoms with Crippen molar-refractivity contribution in [1.29, 1.82) is 0 Å². The van der Waals surface area contributed by atoms with E-state index in [2.05, 4.69) is 151 Å². The lowest BCUT2D eigenvalue weighted by Crippen LogP contribution is -2.26. The van der Waals surface area contributed by atoms with Crippen LogP contribution in [0.2, 0.25) is 0 Å². The number of aromatic nitrogens is 1. The number of benzene rings is 5. The molecule has 6 rings (SSSR count). The van der Waals surface area contributed by atoms with Gasteiger partial charge in [-0.3, -0.25) is 19.8 Å². The molecule has 47 heavy (non-hydrogen) atoms. The lowest BCUT2D eigenvalue weighted by molar-refractivity contribution is 0.244. The summed E-state index contributed by atoms with van der Waals surface area (Å²) in [5, 5.41) is 5.05. The van der Waals surface area contributed by atoms with Gasteiger partial charge in [0.1, 0.15) is 0 Å². The third kappa shape index (κ3) is 9.26. The Morgan fingerprint density at radius 3 is 2.09 bits per heavy atom. The van der Waals surface area contributed by atoms with Crippen LogP contribution in [0, 0.1) is 0 Å². The first kappa shape index (κ1) is 32.4. The molecule has 0 saturated heterocycles. The van der Waals surface area contributed by atoms with Crippen LogP contribution >= 0.6 is 15.9 Å². The summed E-state index contributed by atoms with van der Waals surface area (Å²) in [6.07, 6.45) is 2.76. The molecule has 0 atom stereocenters. The Hall–Kier alpha value is -4.56. The first-order chi connectivity index (χ1) is 23.0. The summed E-state index contributed by atoms with van der Waals surface area (Å²) in [5.74, 6) is 0.146. The van der Waals surface area contributed by atoms with E-state index in [-0.39, 0.29) is 5.96 Å². The van der Waals surface area contributed by atoms with Gasteiger partial charge < -0.3 is 11.5 Å². The summed E-state index contributed by atoms with van der Waals surface area (Å²) < 4.78 is 1.10. The average Bonchev–Trinajstić information content (AvgIpc) is 3.08. The van der Waals surface area contributed by atoms with Crippen LogP contribution in [0.4, 0.5) is 0 Å². The normalized spacial score (nSPS) is 11.5. The molecule has 0 radical (unpaired) electrons. The fraction of sp³-hybridized carbons (Fsp3) is 0.200. The highest BCUT2D eigenvalue weighted by molar-refractivity contribution is 9.10. The maximum atomic E-state index is 5.59. The van der Waals surface area contributed by atoms with E-state index in [1.807, 2.05) is 12.3 Å². The van der Waals surface area contributed by atoms with Crippen molar-refractivity contribution in [3.63, 3.8) is 0 Å². The monoisotopic (exact) mass is 684 g/mol. The summed E-state index contributed by atoms with van der Waals surface area (Å²) in [6, 6.07) is 43.6. The predicted molar refractivity (Wildman–Crippen MR) is 199 cm³/mol. The van der Waals surface area contributed by atoms with E-state index in [1.165, 1.54) is 43.8 Å². The molecule has 6 nitrogen and oxygen atoms in total. The molecule has 7 heteroatoms. The maximum absolute atomic E-state index is 5.59. The van der Waals surface area contributed by atoms with E-state index >= 15 is 0 Å². The molecular formula is C40H41BrN6. The zero-order valence-corrected chi connectivity index (χ0v) is 28.2. The first-order valence-corrected chi connectivity index (χ1v) is 16.9. The van der Waals surface area contributed by atoms with E-state index in [0.29, 0.717) is 6.54 Å². The summed E-state index contributed by atoms with van der Waals surface area (Å²) in [6.45, 7) is 5.64. The number of rotatable bonds is 14. The van der Waals surface area contributed by atoms with Gasteiger partial charge in [0.05, 0.1) is 5.69 Å². The van der Waals surface area contributed by atoms with Crippen LogP contribution in [0.1, 0.15) is 34.4 Å². The Bertz CT molecular complexity index is 1930. The van der Waals surface area contributed by atoms with Gasteiger partial charge in [0.15, 0.2) is 5.96 Å². The number of hydrogen-bond acceptors (Lipinski definition) is 4. The van der Waals surface area contributed by atoms with Crippen molar-refractivity contribution in [1.82, 2.24) is 14.8 Å².